The molecule has 0 spiro atoms. The number of aryl methyl sites for hydroxylation is 2. The molecule has 1 atom stereocenters. The van der Waals surface area contributed by atoms with Gasteiger partial charge in [-0.05, 0) is 81.1 Å². The number of benzene rings is 2. The molecule has 2 fully saturated rings. The normalized spacial score (nSPS) is 20.0. The van der Waals surface area contributed by atoms with Crippen LogP contribution in [0.3, 0.4) is 0 Å². The molecule has 2 aliphatic heterocycles. The van der Waals surface area contributed by atoms with Crippen LogP contribution in [0.4, 0.5) is 0 Å². The Hall–Kier alpha value is -2.34. The van der Waals surface area contributed by atoms with Gasteiger partial charge in [-0.3, -0.25) is 14.6 Å². The number of nitrogens with one attached hydrogen (secondary N) is 1. The highest BCUT2D eigenvalue weighted by atomic mass is 35.5. The Morgan fingerprint density at radius 3 is 2.51 bits per heavy atom. The number of likely N-dealkylation sites (tertiary alicyclic amines) is 2. The van der Waals surface area contributed by atoms with Crippen LogP contribution < -0.4 is 5.32 Å². The number of hydrogen-bond donors (Lipinski definition) is 1. The van der Waals surface area contributed by atoms with E-state index in [1.807, 2.05) is 6.07 Å². The summed E-state index contributed by atoms with van der Waals surface area (Å²) >= 11 is 6.25. The molecule has 1 aromatic heterocycles. The van der Waals surface area contributed by atoms with E-state index in [9.17, 15) is 4.79 Å². The van der Waals surface area contributed by atoms with Gasteiger partial charge in [0.25, 0.3) is 0 Å². The fourth-order valence-corrected chi connectivity index (χ4v) is 5.90. The van der Waals surface area contributed by atoms with E-state index in [1.54, 1.807) is 0 Å². The summed E-state index contributed by atoms with van der Waals surface area (Å²) in [6.07, 6.45) is 5.24. The minimum atomic E-state index is 0.137. The Kier molecular flexibility index (Phi) is 7.47. The molecule has 0 bridgehead atoms. The molecule has 2 aromatic carbocycles. The minimum absolute atomic E-state index is 0.137. The summed E-state index contributed by atoms with van der Waals surface area (Å²) in [5.41, 5.74) is 5.20. The quantitative estimate of drug-likeness (QED) is 0.505. The van der Waals surface area contributed by atoms with E-state index >= 15 is 0 Å². The standard InChI is InChI=1S/C29H37ClN4O/c1-21-3-5-22(6-4-21)17-34-12-9-23(18-34)16-31-29(35)24-10-13-33(14-11-24)20-25-19-32(2)28-8-7-26(30)15-27(25)28/h3-8,15,19,23-24H,9-14,16-18,20H2,1-2H3,(H,31,35)/t23-/m0/s1. The van der Waals surface area contributed by atoms with E-state index < -0.39 is 0 Å². The fourth-order valence-electron chi connectivity index (χ4n) is 5.73. The SMILES string of the molecule is Cc1ccc(CN2CC[C@@H](CNC(=O)C3CCN(Cc4cn(C)c5ccc(Cl)cc45)CC3)C2)cc1. The Balaban J connectivity index is 1.05. The highest BCUT2D eigenvalue weighted by molar-refractivity contribution is 6.31. The summed E-state index contributed by atoms with van der Waals surface area (Å²) in [6, 6.07) is 14.9. The van der Waals surface area contributed by atoms with Crippen LogP contribution in [0.1, 0.15) is 36.0 Å². The molecule has 1 N–H and O–H groups in total. The molecule has 3 aromatic rings. The van der Waals surface area contributed by atoms with Crippen LogP contribution >= 0.6 is 11.6 Å². The number of fused-ring (bicyclic) bond motifs is 1. The monoisotopic (exact) mass is 492 g/mol. The first-order chi connectivity index (χ1) is 16.9. The molecule has 186 valence electrons. The highest BCUT2D eigenvalue weighted by Crippen LogP contribution is 2.27. The molecule has 2 aliphatic rings. The van der Waals surface area contributed by atoms with Crippen molar-refractivity contribution in [3.8, 4) is 0 Å². The summed E-state index contributed by atoms with van der Waals surface area (Å²) in [6.45, 7) is 8.96. The van der Waals surface area contributed by atoms with Gasteiger partial charge < -0.3 is 9.88 Å². The molecule has 0 radical (unpaired) electrons. The molecule has 35 heavy (non-hydrogen) atoms. The smallest absolute Gasteiger partial charge is 0.223 e. The number of amides is 1. The van der Waals surface area contributed by atoms with E-state index in [-0.39, 0.29) is 11.8 Å². The number of rotatable bonds is 7. The second-order valence-electron chi connectivity index (χ2n) is 10.6. The maximum Gasteiger partial charge on any atom is 0.223 e. The van der Waals surface area contributed by atoms with Gasteiger partial charge in [0.05, 0.1) is 0 Å². The van der Waals surface area contributed by atoms with E-state index in [2.05, 4.69) is 76.3 Å². The van der Waals surface area contributed by atoms with Gasteiger partial charge in [-0.15, -0.1) is 0 Å². The zero-order chi connectivity index (χ0) is 24.4. The third-order valence-corrected chi connectivity index (χ3v) is 8.08. The van der Waals surface area contributed by atoms with Gasteiger partial charge in [-0.25, -0.2) is 0 Å². The Morgan fingerprint density at radius 1 is 1.00 bits per heavy atom. The summed E-state index contributed by atoms with van der Waals surface area (Å²) in [5.74, 6) is 0.944. The topological polar surface area (TPSA) is 40.5 Å². The number of aromatic nitrogens is 1. The molecule has 0 saturated carbocycles. The molecular weight excluding hydrogens is 456 g/mol. The lowest BCUT2D eigenvalue weighted by Crippen LogP contribution is -2.41. The van der Waals surface area contributed by atoms with Crippen LogP contribution in [0, 0.1) is 18.8 Å². The van der Waals surface area contributed by atoms with Crippen molar-refractivity contribution in [2.75, 3.05) is 32.7 Å². The zero-order valence-corrected chi connectivity index (χ0v) is 21.7. The van der Waals surface area contributed by atoms with Crippen LogP contribution in [0.5, 0.6) is 0 Å². The van der Waals surface area contributed by atoms with Crippen molar-refractivity contribution in [3.63, 3.8) is 0 Å². The van der Waals surface area contributed by atoms with E-state index in [0.29, 0.717) is 5.92 Å². The molecule has 2 saturated heterocycles. The second-order valence-corrected chi connectivity index (χ2v) is 11.0. The highest BCUT2D eigenvalue weighted by Gasteiger charge is 2.27. The molecule has 3 heterocycles. The molecule has 5 rings (SSSR count). The number of carbonyl (C=O) groups is 1. The van der Waals surface area contributed by atoms with Crippen LogP contribution in [-0.2, 0) is 24.9 Å². The lowest BCUT2D eigenvalue weighted by molar-refractivity contribution is -0.126. The Morgan fingerprint density at radius 2 is 1.74 bits per heavy atom. The van der Waals surface area contributed by atoms with E-state index in [0.717, 1.165) is 63.7 Å². The predicted octanol–water partition coefficient (Wildman–Crippen LogP) is 4.99. The lowest BCUT2D eigenvalue weighted by Gasteiger charge is -2.31. The second kappa shape index (κ2) is 10.7. The van der Waals surface area contributed by atoms with Crippen molar-refractivity contribution in [1.29, 1.82) is 0 Å². The number of piperidine rings is 1. The van der Waals surface area contributed by atoms with Crippen LogP contribution in [0.25, 0.3) is 10.9 Å². The van der Waals surface area contributed by atoms with Crippen molar-refractivity contribution in [3.05, 3.63) is 70.4 Å². The first-order valence-electron chi connectivity index (χ1n) is 13.0. The van der Waals surface area contributed by atoms with Crippen molar-refractivity contribution in [2.24, 2.45) is 18.9 Å². The maximum absolute atomic E-state index is 12.9. The first-order valence-corrected chi connectivity index (χ1v) is 13.3. The van der Waals surface area contributed by atoms with E-state index in [4.69, 9.17) is 11.6 Å². The van der Waals surface area contributed by atoms with Crippen molar-refractivity contribution in [1.82, 2.24) is 19.7 Å². The summed E-state index contributed by atoms with van der Waals surface area (Å²) in [5, 5.41) is 5.29. The average Bonchev–Trinajstić information content (AvgIpc) is 3.43. The van der Waals surface area contributed by atoms with Gasteiger partial charge in [-0.1, -0.05) is 41.4 Å². The number of carbonyl (C=O) groups excluding carboxylic acids is 1. The molecule has 0 aliphatic carbocycles. The van der Waals surface area contributed by atoms with Gasteiger partial charge >= 0.3 is 0 Å². The molecule has 5 nitrogen and oxygen atoms in total. The van der Waals surface area contributed by atoms with Crippen molar-refractivity contribution in [2.45, 2.75) is 39.3 Å². The number of nitrogens with zero attached hydrogens (tertiary/aromatic N) is 3. The Bertz CT molecular complexity index is 1160. The van der Waals surface area contributed by atoms with Gasteiger partial charge in [0, 0.05) is 61.3 Å². The molecular formula is C29H37ClN4O. The predicted molar refractivity (Wildman–Crippen MR) is 144 cm³/mol. The largest absolute Gasteiger partial charge is 0.356 e. The number of hydrogen-bond acceptors (Lipinski definition) is 3. The van der Waals surface area contributed by atoms with E-state index in [1.165, 1.54) is 34.0 Å². The first kappa shape index (κ1) is 24.4. The van der Waals surface area contributed by atoms with Crippen molar-refractivity contribution < 1.29 is 4.79 Å². The van der Waals surface area contributed by atoms with Gasteiger partial charge in [0.15, 0.2) is 0 Å². The van der Waals surface area contributed by atoms with Crippen LogP contribution in [-0.4, -0.2) is 53.0 Å². The maximum atomic E-state index is 12.9. The molecule has 1 amide bonds. The Labute approximate surface area is 214 Å². The van der Waals surface area contributed by atoms with Crippen molar-refractivity contribution >= 4 is 28.4 Å². The van der Waals surface area contributed by atoms with Crippen LogP contribution in [0.15, 0.2) is 48.7 Å². The average molecular weight is 493 g/mol. The lowest BCUT2D eigenvalue weighted by atomic mass is 9.95. The third-order valence-electron chi connectivity index (χ3n) is 7.85. The fraction of sp³-hybridized carbons (Fsp3) is 0.483. The zero-order valence-electron chi connectivity index (χ0n) is 21.0. The van der Waals surface area contributed by atoms with Gasteiger partial charge in [0.1, 0.15) is 0 Å². The van der Waals surface area contributed by atoms with Gasteiger partial charge in [-0.2, -0.15) is 0 Å². The van der Waals surface area contributed by atoms with Crippen LogP contribution in [0.2, 0.25) is 5.02 Å². The summed E-state index contributed by atoms with van der Waals surface area (Å²) in [4.78, 5) is 17.9. The summed E-state index contributed by atoms with van der Waals surface area (Å²) < 4.78 is 2.17. The van der Waals surface area contributed by atoms with Gasteiger partial charge in [0.2, 0.25) is 5.91 Å². The third kappa shape index (κ3) is 5.91. The number of halogens is 1. The molecule has 0 unspecified atom stereocenters. The molecule has 6 heteroatoms. The summed E-state index contributed by atoms with van der Waals surface area (Å²) in [7, 11) is 2.09. The minimum Gasteiger partial charge on any atom is -0.356 e.